The number of carbonyl (C=O) groups is 1. The van der Waals surface area contributed by atoms with Crippen LogP contribution in [0.2, 0.25) is 0 Å². The van der Waals surface area contributed by atoms with Gasteiger partial charge in [-0.05, 0) is 12.0 Å². The van der Waals surface area contributed by atoms with E-state index < -0.39 is 0 Å². The Hall–Kier alpha value is -1.12. The standard InChI is InChI=1S/C13H20N2O/c1-15-9-8-12(14-15)13(16)10-11-6-4-2-3-5-7-11/h8-9,11H,2-7,10H2,1H3. The van der Waals surface area contributed by atoms with Gasteiger partial charge in [-0.3, -0.25) is 9.48 Å². The monoisotopic (exact) mass is 220 g/mol. The first kappa shape index (κ1) is 11.4. The van der Waals surface area contributed by atoms with Crippen LogP contribution >= 0.6 is 0 Å². The van der Waals surface area contributed by atoms with Crippen LogP contribution in [0.5, 0.6) is 0 Å². The molecule has 0 radical (unpaired) electrons. The number of hydrogen-bond acceptors (Lipinski definition) is 2. The second-order valence-corrected chi connectivity index (χ2v) is 4.86. The van der Waals surface area contributed by atoms with Crippen LogP contribution in [-0.2, 0) is 7.05 Å². The van der Waals surface area contributed by atoms with Crippen molar-refractivity contribution < 1.29 is 4.79 Å². The zero-order valence-electron chi connectivity index (χ0n) is 9.98. The fraction of sp³-hybridized carbons (Fsp3) is 0.692. The zero-order chi connectivity index (χ0) is 11.4. The third-order valence-corrected chi connectivity index (χ3v) is 3.45. The van der Waals surface area contributed by atoms with Crippen LogP contribution in [0.25, 0.3) is 0 Å². The lowest BCUT2D eigenvalue weighted by molar-refractivity contribution is 0.0951. The SMILES string of the molecule is Cn1ccc(C(=O)CC2CCCCCC2)n1. The average Bonchev–Trinajstić information content (AvgIpc) is 2.54. The number of hydrogen-bond donors (Lipinski definition) is 0. The van der Waals surface area contributed by atoms with E-state index in [1.54, 1.807) is 4.68 Å². The summed E-state index contributed by atoms with van der Waals surface area (Å²) in [5.74, 6) is 0.810. The highest BCUT2D eigenvalue weighted by atomic mass is 16.1. The lowest BCUT2D eigenvalue weighted by Gasteiger charge is -2.11. The van der Waals surface area contributed by atoms with Gasteiger partial charge < -0.3 is 0 Å². The molecule has 1 fully saturated rings. The quantitative estimate of drug-likeness (QED) is 0.580. The highest BCUT2D eigenvalue weighted by molar-refractivity contribution is 5.94. The molecular formula is C13H20N2O. The number of carbonyl (C=O) groups excluding carboxylic acids is 1. The van der Waals surface area contributed by atoms with Crippen molar-refractivity contribution in [3.8, 4) is 0 Å². The van der Waals surface area contributed by atoms with Crippen LogP contribution < -0.4 is 0 Å². The third-order valence-electron chi connectivity index (χ3n) is 3.45. The Morgan fingerprint density at radius 1 is 1.38 bits per heavy atom. The number of nitrogens with zero attached hydrogens (tertiary/aromatic N) is 2. The normalized spacial score (nSPS) is 18.3. The topological polar surface area (TPSA) is 34.9 Å². The summed E-state index contributed by atoms with van der Waals surface area (Å²) in [5.41, 5.74) is 0.631. The number of Topliss-reactive ketones (excluding diaryl/α,β-unsaturated/α-hetero) is 1. The second kappa shape index (κ2) is 5.28. The summed E-state index contributed by atoms with van der Waals surface area (Å²) in [6.07, 6.45) is 10.2. The number of aryl methyl sites for hydroxylation is 1. The Balaban J connectivity index is 1.90. The molecule has 3 heteroatoms. The van der Waals surface area contributed by atoms with Crippen molar-refractivity contribution in [2.45, 2.75) is 44.9 Å². The molecule has 0 atom stereocenters. The summed E-state index contributed by atoms with van der Waals surface area (Å²) in [6.45, 7) is 0. The summed E-state index contributed by atoms with van der Waals surface area (Å²) < 4.78 is 1.69. The van der Waals surface area contributed by atoms with E-state index in [2.05, 4.69) is 5.10 Å². The first-order valence-corrected chi connectivity index (χ1v) is 6.28. The molecule has 3 nitrogen and oxygen atoms in total. The largest absolute Gasteiger partial charge is 0.292 e. The minimum absolute atomic E-state index is 0.215. The average molecular weight is 220 g/mol. The molecule has 16 heavy (non-hydrogen) atoms. The summed E-state index contributed by atoms with van der Waals surface area (Å²) in [5, 5.41) is 4.17. The van der Waals surface area contributed by atoms with Gasteiger partial charge in [-0.2, -0.15) is 5.10 Å². The first-order chi connectivity index (χ1) is 7.75. The lowest BCUT2D eigenvalue weighted by atomic mass is 9.93. The minimum atomic E-state index is 0.215. The van der Waals surface area contributed by atoms with E-state index in [1.807, 2.05) is 19.3 Å². The zero-order valence-corrected chi connectivity index (χ0v) is 9.98. The van der Waals surface area contributed by atoms with Crippen LogP contribution in [-0.4, -0.2) is 15.6 Å². The van der Waals surface area contributed by atoms with Gasteiger partial charge in [0, 0.05) is 19.7 Å². The van der Waals surface area contributed by atoms with Gasteiger partial charge in [-0.1, -0.05) is 38.5 Å². The maximum atomic E-state index is 12.0. The number of rotatable bonds is 3. The van der Waals surface area contributed by atoms with Gasteiger partial charge >= 0.3 is 0 Å². The molecule has 1 heterocycles. The molecule has 0 unspecified atom stereocenters. The molecule has 0 N–H and O–H groups in total. The molecule has 0 spiro atoms. The molecule has 1 aromatic heterocycles. The molecule has 1 aliphatic carbocycles. The third kappa shape index (κ3) is 2.94. The molecule has 0 amide bonds. The van der Waals surface area contributed by atoms with Crippen LogP contribution in [0.4, 0.5) is 0 Å². The molecule has 1 aromatic rings. The molecule has 88 valence electrons. The predicted octanol–water partition coefficient (Wildman–Crippen LogP) is 2.96. The molecule has 2 rings (SSSR count). The smallest absolute Gasteiger partial charge is 0.183 e. The molecule has 0 aromatic carbocycles. The Bertz CT molecular complexity index is 349. The van der Waals surface area contributed by atoms with Gasteiger partial charge in [0.1, 0.15) is 5.69 Å². The maximum absolute atomic E-state index is 12.0. The van der Waals surface area contributed by atoms with Crippen molar-refractivity contribution in [2.75, 3.05) is 0 Å². The van der Waals surface area contributed by atoms with Gasteiger partial charge in [0.15, 0.2) is 5.78 Å². The van der Waals surface area contributed by atoms with Gasteiger partial charge in [0.2, 0.25) is 0 Å². The van der Waals surface area contributed by atoms with Crippen molar-refractivity contribution in [3.05, 3.63) is 18.0 Å². The summed E-state index contributed by atoms with van der Waals surface area (Å²) in [4.78, 5) is 12.0. The Kier molecular flexibility index (Phi) is 3.75. The second-order valence-electron chi connectivity index (χ2n) is 4.86. The fourth-order valence-electron chi connectivity index (χ4n) is 2.50. The highest BCUT2D eigenvalue weighted by Gasteiger charge is 2.18. The van der Waals surface area contributed by atoms with Gasteiger partial charge in [0.25, 0.3) is 0 Å². The Morgan fingerprint density at radius 3 is 2.62 bits per heavy atom. The highest BCUT2D eigenvalue weighted by Crippen LogP contribution is 2.26. The van der Waals surface area contributed by atoms with Crippen molar-refractivity contribution in [1.29, 1.82) is 0 Å². The molecule has 0 bridgehead atoms. The van der Waals surface area contributed by atoms with Crippen LogP contribution in [0, 0.1) is 5.92 Å². The number of aromatic nitrogens is 2. The lowest BCUT2D eigenvalue weighted by Crippen LogP contribution is -2.09. The number of ketones is 1. The van der Waals surface area contributed by atoms with E-state index in [-0.39, 0.29) is 5.78 Å². The van der Waals surface area contributed by atoms with E-state index in [0.717, 1.165) is 0 Å². The summed E-state index contributed by atoms with van der Waals surface area (Å²) in [6, 6.07) is 1.82. The van der Waals surface area contributed by atoms with Crippen LogP contribution in [0.3, 0.4) is 0 Å². The Labute approximate surface area is 96.8 Å². The van der Waals surface area contributed by atoms with Crippen molar-refractivity contribution in [1.82, 2.24) is 9.78 Å². The molecule has 0 saturated heterocycles. The van der Waals surface area contributed by atoms with E-state index in [9.17, 15) is 4.79 Å². The Morgan fingerprint density at radius 2 is 2.06 bits per heavy atom. The molecule has 1 saturated carbocycles. The van der Waals surface area contributed by atoms with Crippen molar-refractivity contribution in [3.63, 3.8) is 0 Å². The summed E-state index contributed by atoms with van der Waals surface area (Å²) >= 11 is 0. The van der Waals surface area contributed by atoms with Crippen LogP contribution in [0.1, 0.15) is 55.4 Å². The maximum Gasteiger partial charge on any atom is 0.183 e. The molecule has 1 aliphatic rings. The minimum Gasteiger partial charge on any atom is -0.292 e. The van der Waals surface area contributed by atoms with Gasteiger partial charge in [0.05, 0.1) is 0 Å². The summed E-state index contributed by atoms with van der Waals surface area (Å²) in [7, 11) is 1.85. The van der Waals surface area contributed by atoms with Crippen molar-refractivity contribution >= 4 is 5.78 Å². The van der Waals surface area contributed by atoms with E-state index in [1.165, 1.54) is 38.5 Å². The van der Waals surface area contributed by atoms with E-state index in [4.69, 9.17) is 0 Å². The van der Waals surface area contributed by atoms with E-state index in [0.29, 0.717) is 18.0 Å². The first-order valence-electron chi connectivity index (χ1n) is 6.28. The van der Waals surface area contributed by atoms with Gasteiger partial charge in [-0.15, -0.1) is 0 Å². The predicted molar refractivity (Wildman–Crippen MR) is 63.3 cm³/mol. The van der Waals surface area contributed by atoms with Crippen molar-refractivity contribution in [2.24, 2.45) is 13.0 Å². The molecular weight excluding hydrogens is 200 g/mol. The fourth-order valence-corrected chi connectivity index (χ4v) is 2.50. The van der Waals surface area contributed by atoms with E-state index >= 15 is 0 Å². The molecule has 0 aliphatic heterocycles. The van der Waals surface area contributed by atoms with Gasteiger partial charge in [-0.25, -0.2) is 0 Å². The van der Waals surface area contributed by atoms with Crippen LogP contribution in [0.15, 0.2) is 12.3 Å².